The zero-order valence-electron chi connectivity index (χ0n) is 14.5. The largest absolute Gasteiger partial charge is 0.366 e. The number of piperidine rings is 1. The third kappa shape index (κ3) is 4.38. The molecule has 140 valence electrons. The van der Waals surface area contributed by atoms with Crippen LogP contribution in [0.15, 0.2) is 48.8 Å². The molecule has 1 saturated heterocycles. The average molecular weight is 369 g/mol. The number of hydrogen-bond donors (Lipinski definition) is 2. The van der Waals surface area contributed by atoms with Gasteiger partial charge in [-0.1, -0.05) is 12.1 Å². The van der Waals surface area contributed by atoms with E-state index in [1.165, 1.54) is 12.3 Å². The van der Waals surface area contributed by atoms with Gasteiger partial charge in [-0.05, 0) is 31.0 Å². The van der Waals surface area contributed by atoms with Gasteiger partial charge in [0.15, 0.2) is 0 Å². The molecule has 0 bridgehead atoms. The normalized spacial score (nSPS) is 14.4. The number of hydrogen-bond acceptors (Lipinski definition) is 6. The highest BCUT2D eigenvalue weighted by atomic mass is 16.6. The molecule has 1 aliphatic rings. The van der Waals surface area contributed by atoms with Crippen molar-refractivity contribution in [3.63, 3.8) is 0 Å². The fourth-order valence-electron chi connectivity index (χ4n) is 3.06. The third-order valence-corrected chi connectivity index (χ3v) is 4.51. The Morgan fingerprint density at radius 3 is 2.52 bits per heavy atom. The van der Waals surface area contributed by atoms with Gasteiger partial charge in [-0.25, -0.2) is 0 Å². The Morgan fingerprint density at radius 1 is 1.11 bits per heavy atom. The van der Waals surface area contributed by atoms with E-state index in [4.69, 9.17) is 0 Å². The van der Waals surface area contributed by atoms with Gasteiger partial charge in [-0.15, -0.1) is 0 Å². The molecule has 2 aromatic rings. The Morgan fingerprint density at radius 2 is 1.85 bits per heavy atom. The minimum atomic E-state index is -0.436. The summed E-state index contributed by atoms with van der Waals surface area (Å²) in [5.41, 5.74) is 5.80. The SMILES string of the molecule is O=C(NNC(=O)C1CCN(c2ccccc2[N+](=O)[O-])CC1)c1cccnc1. The predicted molar refractivity (Wildman–Crippen MR) is 97.9 cm³/mol. The average Bonchev–Trinajstić information content (AvgIpc) is 2.72. The summed E-state index contributed by atoms with van der Waals surface area (Å²) in [4.78, 5) is 40.8. The van der Waals surface area contributed by atoms with Gasteiger partial charge in [0.1, 0.15) is 5.69 Å². The number of anilines is 1. The summed E-state index contributed by atoms with van der Waals surface area (Å²) < 4.78 is 0. The number of nitrogens with one attached hydrogen (secondary N) is 2. The van der Waals surface area contributed by atoms with Crippen LogP contribution in [0.2, 0.25) is 0 Å². The molecule has 3 rings (SSSR count). The van der Waals surface area contributed by atoms with E-state index < -0.39 is 10.8 Å². The lowest BCUT2D eigenvalue weighted by Crippen LogP contribution is -2.47. The lowest BCUT2D eigenvalue weighted by atomic mass is 9.95. The summed E-state index contributed by atoms with van der Waals surface area (Å²) in [5, 5.41) is 11.2. The summed E-state index contributed by atoms with van der Waals surface area (Å²) in [5.74, 6) is -0.971. The van der Waals surface area contributed by atoms with Crippen molar-refractivity contribution in [1.82, 2.24) is 15.8 Å². The van der Waals surface area contributed by atoms with E-state index in [0.29, 0.717) is 37.2 Å². The minimum absolute atomic E-state index is 0.0594. The Kier molecular flexibility index (Phi) is 5.60. The van der Waals surface area contributed by atoms with Gasteiger partial charge in [0, 0.05) is 37.5 Å². The van der Waals surface area contributed by atoms with Crippen LogP contribution in [-0.2, 0) is 4.79 Å². The van der Waals surface area contributed by atoms with Crippen molar-refractivity contribution >= 4 is 23.2 Å². The first kappa shape index (κ1) is 18.3. The van der Waals surface area contributed by atoms with Crippen molar-refractivity contribution in [3.8, 4) is 0 Å². The molecule has 0 radical (unpaired) electrons. The van der Waals surface area contributed by atoms with E-state index in [-0.39, 0.29) is 17.5 Å². The third-order valence-electron chi connectivity index (χ3n) is 4.51. The molecule has 0 saturated carbocycles. The van der Waals surface area contributed by atoms with Crippen molar-refractivity contribution in [3.05, 3.63) is 64.5 Å². The number of carbonyl (C=O) groups is 2. The Bertz CT molecular complexity index is 835. The van der Waals surface area contributed by atoms with Crippen LogP contribution in [0.5, 0.6) is 0 Å². The maximum Gasteiger partial charge on any atom is 0.292 e. The topological polar surface area (TPSA) is 117 Å². The van der Waals surface area contributed by atoms with Gasteiger partial charge in [-0.2, -0.15) is 0 Å². The first-order valence-corrected chi connectivity index (χ1v) is 8.55. The summed E-state index contributed by atoms with van der Waals surface area (Å²) in [6, 6.07) is 9.81. The van der Waals surface area contributed by atoms with E-state index in [9.17, 15) is 19.7 Å². The maximum absolute atomic E-state index is 12.3. The van der Waals surface area contributed by atoms with Gasteiger partial charge >= 0.3 is 0 Å². The number of hydrazine groups is 1. The van der Waals surface area contributed by atoms with Crippen LogP contribution < -0.4 is 15.8 Å². The van der Waals surface area contributed by atoms with Crippen LogP contribution in [0.1, 0.15) is 23.2 Å². The van der Waals surface area contributed by atoms with Crippen LogP contribution in [0.25, 0.3) is 0 Å². The molecule has 2 N–H and O–H groups in total. The van der Waals surface area contributed by atoms with E-state index in [1.54, 1.807) is 36.5 Å². The predicted octanol–water partition coefficient (Wildman–Crippen LogP) is 1.67. The van der Waals surface area contributed by atoms with Crippen LogP contribution in [-0.4, -0.2) is 34.8 Å². The first-order valence-electron chi connectivity index (χ1n) is 8.55. The van der Waals surface area contributed by atoms with Crippen molar-refractivity contribution in [2.75, 3.05) is 18.0 Å². The van der Waals surface area contributed by atoms with Gasteiger partial charge in [0.05, 0.1) is 10.5 Å². The van der Waals surface area contributed by atoms with Crippen molar-refractivity contribution in [1.29, 1.82) is 0 Å². The molecule has 0 aliphatic carbocycles. The van der Waals surface area contributed by atoms with Crippen LogP contribution >= 0.6 is 0 Å². The summed E-state index contributed by atoms with van der Waals surface area (Å²) >= 11 is 0. The van der Waals surface area contributed by atoms with Gasteiger partial charge in [0.2, 0.25) is 5.91 Å². The fraction of sp³-hybridized carbons (Fsp3) is 0.278. The maximum atomic E-state index is 12.3. The highest BCUT2D eigenvalue weighted by Crippen LogP contribution is 2.31. The summed E-state index contributed by atoms with van der Waals surface area (Å²) in [6.07, 6.45) is 4.05. The lowest BCUT2D eigenvalue weighted by molar-refractivity contribution is -0.384. The number of nitro groups is 1. The number of benzene rings is 1. The molecule has 0 unspecified atom stereocenters. The number of para-hydroxylation sites is 2. The van der Waals surface area contributed by atoms with Crippen molar-refractivity contribution < 1.29 is 14.5 Å². The number of aromatic nitrogens is 1. The molecule has 2 amide bonds. The molecule has 27 heavy (non-hydrogen) atoms. The molecule has 9 nitrogen and oxygen atoms in total. The Balaban J connectivity index is 1.53. The standard InChI is InChI=1S/C18H19N5O4/c24-17(20-21-18(25)14-4-3-9-19-12-14)13-7-10-22(11-8-13)15-5-1-2-6-16(15)23(26)27/h1-6,9,12-13H,7-8,10-11H2,(H,20,24)(H,21,25). The van der Waals surface area contributed by atoms with Crippen LogP contribution in [0.4, 0.5) is 11.4 Å². The van der Waals surface area contributed by atoms with E-state index >= 15 is 0 Å². The lowest BCUT2D eigenvalue weighted by Gasteiger charge is -2.32. The van der Waals surface area contributed by atoms with E-state index in [0.717, 1.165) is 0 Å². The summed E-state index contributed by atoms with van der Waals surface area (Å²) in [7, 11) is 0. The van der Waals surface area contributed by atoms with Crippen LogP contribution in [0.3, 0.4) is 0 Å². The molecule has 0 spiro atoms. The molecular formula is C18H19N5O4. The first-order chi connectivity index (χ1) is 13.1. The van der Waals surface area contributed by atoms with E-state index in [1.807, 2.05) is 4.90 Å². The minimum Gasteiger partial charge on any atom is -0.366 e. The molecule has 1 fully saturated rings. The molecule has 2 heterocycles. The zero-order chi connectivity index (χ0) is 19.2. The highest BCUT2D eigenvalue weighted by Gasteiger charge is 2.28. The van der Waals surface area contributed by atoms with Gasteiger partial charge in [0.25, 0.3) is 11.6 Å². The number of pyridine rings is 1. The van der Waals surface area contributed by atoms with Crippen molar-refractivity contribution in [2.24, 2.45) is 5.92 Å². The number of carbonyl (C=O) groups excluding carboxylic acids is 2. The quantitative estimate of drug-likeness (QED) is 0.625. The fourth-order valence-corrected chi connectivity index (χ4v) is 3.06. The molecule has 1 aromatic heterocycles. The number of nitrogens with zero attached hydrogens (tertiary/aromatic N) is 3. The Hall–Kier alpha value is -3.49. The van der Waals surface area contributed by atoms with Crippen LogP contribution in [0, 0.1) is 16.0 Å². The number of rotatable bonds is 4. The number of amides is 2. The second kappa shape index (κ2) is 8.26. The van der Waals surface area contributed by atoms with Gasteiger partial charge < -0.3 is 4.90 Å². The van der Waals surface area contributed by atoms with Gasteiger partial charge in [-0.3, -0.25) is 35.5 Å². The molecule has 0 atom stereocenters. The second-order valence-corrected chi connectivity index (χ2v) is 6.19. The molecule has 9 heteroatoms. The number of nitro benzene ring substituents is 1. The molecule has 1 aromatic carbocycles. The molecular weight excluding hydrogens is 350 g/mol. The second-order valence-electron chi connectivity index (χ2n) is 6.19. The van der Waals surface area contributed by atoms with Crippen molar-refractivity contribution in [2.45, 2.75) is 12.8 Å². The highest BCUT2D eigenvalue weighted by molar-refractivity contribution is 5.95. The molecule has 1 aliphatic heterocycles. The Labute approximate surface area is 155 Å². The smallest absolute Gasteiger partial charge is 0.292 e. The zero-order valence-corrected chi connectivity index (χ0v) is 14.5. The van der Waals surface area contributed by atoms with E-state index in [2.05, 4.69) is 15.8 Å². The monoisotopic (exact) mass is 369 g/mol. The summed E-state index contributed by atoms with van der Waals surface area (Å²) in [6.45, 7) is 1.05.